The van der Waals surface area contributed by atoms with Crippen molar-refractivity contribution >= 4 is 0 Å². The van der Waals surface area contributed by atoms with Gasteiger partial charge in [0.25, 0.3) is 0 Å². The van der Waals surface area contributed by atoms with Gasteiger partial charge in [-0.2, -0.15) is 0 Å². The van der Waals surface area contributed by atoms with Crippen LogP contribution in [-0.4, -0.2) is 25.0 Å². The molecule has 2 rings (SSSR count). The fraction of sp³-hybridized carbons (Fsp3) is 0.412. The topological polar surface area (TPSA) is 28.4 Å². The molecule has 21 heavy (non-hydrogen) atoms. The summed E-state index contributed by atoms with van der Waals surface area (Å²) >= 11 is 0. The number of benzene rings is 1. The third-order valence-electron chi connectivity index (χ3n) is 3.55. The van der Waals surface area contributed by atoms with E-state index in [2.05, 4.69) is 24.2 Å². The van der Waals surface area contributed by atoms with E-state index in [0.29, 0.717) is 0 Å². The van der Waals surface area contributed by atoms with E-state index in [9.17, 15) is 4.39 Å². The molecule has 1 atom stereocenters. The first-order valence-corrected chi connectivity index (χ1v) is 7.37. The molecule has 0 radical (unpaired) electrons. The summed E-state index contributed by atoms with van der Waals surface area (Å²) in [6, 6.07) is 9.00. The second-order valence-electron chi connectivity index (χ2n) is 5.32. The summed E-state index contributed by atoms with van der Waals surface area (Å²) in [6.07, 6.45) is 4.45. The van der Waals surface area contributed by atoms with Crippen LogP contribution in [0.2, 0.25) is 0 Å². The van der Waals surface area contributed by atoms with Crippen LogP contribution in [-0.2, 0) is 6.54 Å². The van der Waals surface area contributed by atoms with E-state index in [1.807, 2.05) is 18.2 Å². The second-order valence-corrected chi connectivity index (χ2v) is 5.32. The summed E-state index contributed by atoms with van der Waals surface area (Å²) in [4.78, 5) is 2.26. The Labute approximate surface area is 125 Å². The maximum Gasteiger partial charge on any atom is 0.123 e. The van der Waals surface area contributed by atoms with Crippen LogP contribution >= 0.6 is 0 Å². The Morgan fingerprint density at radius 3 is 2.62 bits per heavy atom. The highest BCUT2D eigenvalue weighted by molar-refractivity contribution is 5.20. The van der Waals surface area contributed by atoms with E-state index in [0.717, 1.165) is 31.6 Å². The van der Waals surface area contributed by atoms with Crippen LogP contribution < -0.4 is 5.32 Å². The number of hydrogen-bond acceptors (Lipinski definition) is 3. The Morgan fingerprint density at radius 1 is 1.24 bits per heavy atom. The van der Waals surface area contributed by atoms with Gasteiger partial charge in [-0.15, -0.1) is 0 Å². The van der Waals surface area contributed by atoms with E-state index < -0.39 is 0 Å². The molecule has 2 aromatic rings. The molecular weight excluding hydrogens is 267 g/mol. The standard InChI is InChI=1S/C17H23FN2O/c1-3-19-17(15-4-6-16(18)7-5-15)8-10-20(2)12-14-9-11-21-13-14/h4-7,9,11,13,17,19H,3,8,10,12H2,1-2H3. The molecule has 0 aliphatic heterocycles. The highest BCUT2D eigenvalue weighted by Gasteiger charge is 2.12. The largest absolute Gasteiger partial charge is 0.472 e. The fourth-order valence-electron chi connectivity index (χ4n) is 2.45. The van der Waals surface area contributed by atoms with E-state index in [4.69, 9.17) is 4.42 Å². The number of hydrogen-bond donors (Lipinski definition) is 1. The van der Waals surface area contributed by atoms with E-state index in [-0.39, 0.29) is 11.9 Å². The maximum atomic E-state index is 13.0. The number of rotatable bonds is 8. The zero-order valence-corrected chi connectivity index (χ0v) is 12.7. The summed E-state index contributed by atoms with van der Waals surface area (Å²) < 4.78 is 18.1. The molecule has 0 fully saturated rings. The smallest absolute Gasteiger partial charge is 0.123 e. The Balaban J connectivity index is 1.88. The quantitative estimate of drug-likeness (QED) is 0.805. The average Bonchev–Trinajstić information content (AvgIpc) is 2.97. The van der Waals surface area contributed by atoms with Gasteiger partial charge in [-0.1, -0.05) is 19.1 Å². The average molecular weight is 290 g/mol. The fourth-order valence-corrected chi connectivity index (χ4v) is 2.45. The van der Waals surface area contributed by atoms with Gasteiger partial charge < -0.3 is 14.6 Å². The number of furan rings is 1. The van der Waals surface area contributed by atoms with Crippen LogP contribution in [0.4, 0.5) is 4.39 Å². The molecule has 0 aliphatic rings. The molecule has 1 heterocycles. The van der Waals surface area contributed by atoms with Crippen LogP contribution in [0, 0.1) is 5.82 Å². The highest BCUT2D eigenvalue weighted by atomic mass is 19.1. The predicted octanol–water partition coefficient (Wildman–Crippen LogP) is 3.59. The Kier molecular flexibility index (Phi) is 5.96. The van der Waals surface area contributed by atoms with Gasteiger partial charge >= 0.3 is 0 Å². The van der Waals surface area contributed by atoms with E-state index in [1.165, 1.54) is 17.7 Å². The number of nitrogens with one attached hydrogen (secondary N) is 1. The molecule has 1 N–H and O–H groups in total. The van der Waals surface area contributed by atoms with Gasteiger partial charge in [0, 0.05) is 18.2 Å². The predicted molar refractivity (Wildman–Crippen MR) is 82.5 cm³/mol. The molecule has 3 nitrogen and oxygen atoms in total. The highest BCUT2D eigenvalue weighted by Crippen LogP contribution is 2.18. The van der Waals surface area contributed by atoms with E-state index in [1.54, 1.807) is 12.5 Å². The van der Waals surface area contributed by atoms with Gasteiger partial charge in [0.1, 0.15) is 5.82 Å². The van der Waals surface area contributed by atoms with Crippen molar-refractivity contribution in [3.63, 3.8) is 0 Å². The van der Waals surface area contributed by atoms with Crippen molar-refractivity contribution in [2.45, 2.75) is 25.9 Å². The molecule has 114 valence electrons. The zero-order chi connectivity index (χ0) is 15.1. The van der Waals surface area contributed by atoms with Crippen molar-refractivity contribution in [3.8, 4) is 0 Å². The molecule has 0 amide bonds. The van der Waals surface area contributed by atoms with Crippen LogP contribution in [0.3, 0.4) is 0 Å². The monoisotopic (exact) mass is 290 g/mol. The van der Waals surface area contributed by atoms with Crippen LogP contribution in [0.15, 0.2) is 47.3 Å². The van der Waals surface area contributed by atoms with Gasteiger partial charge in [0.05, 0.1) is 12.5 Å². The second kappa shape index (κ2) is 7.96. The molecule has 0 spiro atoms. The SMILES string of the molecule is CCNC(CCN(C)Cc1ccoc1)c1ccc(F)cc1. The molecular formula is C17H23FN2O. The van der Waals surface area contributed by atoms with Crippen molar-refractivity contribution < 1.29 is 8.81 Å². The normalized spacial score (nSPS) is 12.8. The molecule has 0 saturated heterocycles. The lowest BCUT2D eigenvalue weighted by atomic mass is 10.0. The van der Waals surface area contributed by atoms with Crippen LogP contribution in [0.5, 0.6) is 0 Å². The minimum absolute atomic E-state index is 0.189. The summed E-state index contributed by atoms with van der Waals surface area (Å²) in [5.74, 6) is -0.189. The van der Waals surface area contributed by atoms with Gasteiger partial charge in [-0.05, 0) is 50.3 Å². The van der Waals surface area contributed by atoms with Crippen molar-refractivity contribution in [3.05, 3.63) is 59.8 Å². The molecule has 0 saturated carbocycles. The summed E-state index contributed by atoms with van der Waals surface area (Å²) in [7, 11) is 2.10. The van der Waals surface area contributed by atoms with Crippen molar-refractivity contribution in [2.24, 2.45) is 0 Å². The summed E-state index contributed by atoms with van der Waals surface area (Å²) in [5.41, 5.74) is 2.31. The minimum atomic E-state index is -0.189. The maximum absolute atomic E-state index is 13.0. The lowest BCUT2D eigenvalue weighted by molar-refractivity contribution is 0.300. The summed E-state index contributed by atoms with van der Waals surface area (Å²) in [5, 5.41) is 3.46. The lowest BCUT2D eigenvalue weighted by Gasteiger charge is -2.22. The van der Waals surface area contributed by atoms with Crippen LogP contribution in [0.1, 0.15) is 30.5 Å². The number of halogens is 1. The summed E-state index contributed by atoms with van der Waals surface area (Å²) in [6.45, 7) is 4.82. The van der Waals surface area contributed by atoms with Gasteiger partial charge in [0.2, 0.25) is 0 Å². The first kappa shape index (κ1) is 15.7. The minimum Gasteiger partial charge on any atom is -0.472 e. The third-order valence-corrected chi connectivity index (χ3v) is 3.55. The van der Waals surface area contributed by atoms with Crippen molar-refractivity contribution in [1.29, 1.82) is 0 Å². The Morgan fingerprint density at radius 2 is 2.00 bits per heavy atom. The van der Waals surface area contributed by atoms with Crippen LogP contribution in [0.25, 0.3) is 0 Å². The first-order chi connectivity index (χ1) is 10.2. The van der Waals surface area contributed by atoms with Crippen molar-refractivity contribution in [1.82, 2.24) is 10.2 Å². The van der Waals surface area contributed by atoms with Gasteiger partial charge in [-0.3, -0.25) is 0 Å². The molecule has 0 bridgehead atoms. The first-order valence-electron chi connectivity index (χ1n) is 7.37. The Bertz CT molecular complexity index is 510. The molecule has 1 aromatic carbocycles. The molecule has 0 aliphatic carbocycles. The number of nitrogens with zero attached hydrogens (tertiary/aromatic N) is 1. The molecule has 4 heteroatoms. The Hall–Kier alpha value is -1.65. The molecule has 1 aromatic heterocycles. The third kappa shape index (κ3) is 4.99. The zero-order valence-electron chi connectivity index (χ0n) is 12.7. The van der Waals surface area contributed by atoms with E-state index >= 15 is 0 Å². The van der Waals surface area contributed by atoms with Crippen molar-refractivity contribution in [2.75, 3.05) is 20.1 Å². The molecule has 1 unspecified atom stereocenters. The van der Waals surface area contributed by atoms with Gasteiger partial charge in [0.15, 0.2) is 0 Å². The van der Waals surface area contributed by atoms with Gasteiger partial charge in [-0.25, -0.2) is 4.39 Å². The lowest BCUT2D eigenvalue weighted by Crippen LogP contribution is -2.27.